The van der Waals surface area contributed by atoms with E-state index in [-0.39, 0.29) is 11.9 Å². The molecule has 1 fully saturated rings. The summed E-state index contributed by atoms with van der Waals surface area (Å²) >= 11 is 0. The Balaban J connectivity index is 1.10. The number of rotatable bonds is 6. The zero-order valence-electron chi connectivity index (χ0n) is 24.7. The van der Waals surface area contributed by atoms with Gasteiger partial charge < -0.3 is 16.0 Å². The molecule has 2 atom stereocenters. The highest BCUT2D eigenvalue weighted by atomic mass is 19.1. The molecular weight excluding hydrogens is 583 g/mol. The van der Waals surface area contributed by atoms with Crippen molar-refractivity contribution < 1.29 is 4.39 Å². The molecule has 1 unspecified atom stereocenters. The van der Waals surface area contributed by atoms with Crippen molar-refractivity contribution in [2.24, 2.45) is 0 Å². The number of piperidine rings is 1. The lowest BCUT2D eigenvalue weighted by Crippen LogP contribution is -2.45. The normalized spacial score (nSPS) is 18.1. The van der Waals surface area contributed by atoms with Crippen LogP contribution in [0.25, 0.3) is 34.1 Å². The molecule has 13 heteroatoms. The molecule has 1 aliphatic heterocycles. The van der Waals surface area contributed by atoms with E-state index in [2.05, 4.69) is 30.3 Å². The van der Waals surface area contributed by atoms with Gasteiger partial charge in [-0.1, -0.05) is 6.07 Å². The number of aromatic nitrogens is 8. The van der Waals surface area contributed by atoms with E-state index >= 15 is 4.39 Å². The maximum absolute atomic E-state index is 15.7. The summed E-state index contributed by atoms with van der Waals surface area (Å²) in [5, 5.41) is 17.1. The summed E-state index contributed by atoms with van der Waals surface area (Å²) in [7, 11) is 0. The predicted octanol–water partition coefficient (Wildman–Crippen LogP) is 4.11. The molecule has 46 heavy (non-hydrogen) atoms. The zero-order chi connectivity index (χ0) is 31.2. The van der Waals surface area contributed by atoms with Crippen molar-refractivity contribution in [1.82, 2.24) is 44.6 Å². The van der Waals surface area contributed by atoms with E-state index in [4.69, 9.17) is 21.0 Å². The number of pyridine rings is 2. The fourth-order valence-corrected chi connectivity index (χ4v) is 6.55. The number of nitrogens with two attached hydrogens (primary N) is 1. The molecule has 0 bridgehead atoms. The van der Waals surface area contributed by atoms with Crippen LogP contribution >= 0.6 is 0 Å². The lowest BCUT2D eigenvalue weighted by molar-refractivity contribution is 0.241. The lowest BCUT2D eigenvalue weighted by atomic mass is 10.0. The monoisotopic (exact) mass is 612 g/mol. The fourth-order valence-electron chi connectivity index (χ4n) is 6.55. The summed E-state index contributed by atoms with van der Waals surface area (Å²) in [6, 6.07) is 19.0. The zero-order valence-corrected chi connectivity index (χ0v) is 24.7. The Kier molecular flexibility index (Phi) is 6.84. The Bertz CT molecular complexity index is 2090. The van der Waals surface area contributed by atoms with Crippen LogP contribution in [0.1, 0.15) is 35.8 Å². The third-order valence-electron chi connectivity index (χ3n) is 8.78. The molecule has 1 aliphatic carbocycles. The standard InChI is InChI=1S/C33H29FN12/c34-25-18-20-17-22(4-5-23(20)30(25)40-21-9-15-44(16-10-21)28-8-13-37-27(19-35)42-28)46-32(24-3-1-11-38-31(24)36)41-26-6-7-29(43-33(26)46)45-14-2-12-39-45/h1-8,11-14,17,21,25,30,40H,9-10,15-16,18H2,(H2,36,38)/t25?,30-/m1/s1. The van der Waals surface area contributed by atoms with Gasteiger partial charge in [0.2, 0.25) is 5.82 Å². The Morgan fingerprint density at radius 3 is 2.63 bits per heavy atom. The second kappa shape index (κ2) is 11.3. The molecule has 3 N–H and O–H groups in total. The number of halogens is 1. The van der Waals surface area contributed by atoms with Gasteiger partial charge in [0, 0.05) is 56.0 Å². The van der Waals surface area contributed by atoms with Crippen molar-refractivity contribution in [3.05, 3.63) is 96.3 Å². The highest BCUT2D eigenvalue weighted by Crippen LogP contribution is 2.38. The molecule has 8 rings (SSSR count). The van der Waals surface area contributed by atoms with E-state index in [9.17, 15) is 0 Å². The van der Waals surface area contributed by atoms with Gasteiger partial charge in [0.15, 0.2) is 17.3 Å². The number of nitriles is 1. The molecule has 12 nitrogen and oxygen atoms in total. The number of nitrogens with zero attached hydrogens (tertiary/aromatic N) is 10. The van der Waals surface area contributed by atoms with Gasteiger partial charge in [-0.25, -0.2) is 34.0 Å². The van der Waals surface area contributed by atoms with E-state index in [0.29, 0.717) is 40.6 Å². The number of nitrogens with one attached hydrogen (secondary N) is 1. The van der Waals surface area contributed by atoms with Crippen LogP contribution in [-0.2, 0) is 6.42 Å². The first-order valence-corrected chi connectivity index (χ1v) is 15.2. The summed E-state index contributed by atoms with van der Waals surface area (Å²) in [6.07, 6.45) is 7.72. The van der Waals surface area contributed by atoms with E-state index in [0.717, 1.165) is 48.6 Å². The minimum atomic E-state index is -1.05. The van der Waals surface area contributed by atoms with Crippen molar-refractivity contribution >= 4 is 22.8 Å². The largest absolute Gasteiger partial charge is 0.383 e. The smallest absolute Gasteiger partial charge is 0.234 e. The molecular formula is C33H29FN12. The molecule has 0 spiro atoms. The van der Waals surface area contributed by atoms with Gasteiger partial charge in [0.05, 0.1) is 11.6 Å². The number of imidazole rings is 1. The quantitative estimate of drug-likeness (QED) is 0.281. The minimum Gasteiger partial charge on any atom is -0.383 e. The average Bonchev–Trinajstić information content (AvgIpc) is 3.83. The van der Waals surface area contributed by atoms with Gasteiger partial charge in [-0.05, 0) is 72.5 Å². The Hall–Kier alpha value is -5.74. The molecule has 1 saturated heterocycles. The summed E-state index contributed by atoms with van der Waals surface area (Å²) in [6.45, 7) is 1.52. The number of benzene rings is 1. The van der Waals surface area contributed by atoms with Crippen LogP contribution < -0.4 is 16.0 Å². The van der Waals surface area contributed by atoms with E-state index in [1.54, 1.807) is 23.3 Å². The molecule has 228 valence electrons. The molecule has 5 aromatic heterocycles. The summed E-state index contributed by atoms with van der Waals surface area (Å²) in [4.78, 5) is 24.6. The van der Waals surface area contributed by atoms with Crippen LogP contribution in [0.5, 0.6) is 0 Å². The van der Waals surface area contributed by atoms with Crippen LogP contribution in [0, 0.1) is 11.3 Å². The van der Waals surface area contributed by atoms with Gasteiger partial charge in [0.25, 0.3) is 0 Å². The maximum atomic E-state index is 15.7. The van der Waals surface area contributed by atoms with Crippen molar-refractivity contribution in [2.45, 2.75) is 37.5 Å². The van der Waals surface area contributed by atoms with Crippen LogP contribution in [0.15, 0.2) is 79.4 Å². The van der Waals surface area contributed by atoms with Crippen LogP contribution in [0.2, 0.25) is 0 Å². The van der Waals surface area contributed by atoms with Crippen LogP contribution in [0.3, 0.4) is 0 Å². The number of alkyl halides is 1. The number of anilines is 2. The Labute approximate surface area is 263 Å². The SMILES string of the molecule is N#Cc1nccc(N2CCC(N[C@@H]3c4ccc(-n5c(-c6cccnc6N)nc6ccc(-n7cccn7)nc65)cc4CC3F)CC2)n1. The van der Waals surface area contributed by atoms with Crippen molar-refractivity contribution in [3.63, 3.8) is 0 Å². The van der Waals surface area contributed by atoms with Crippen molar-refractivity contribution in [3.8, 4) is 29.0 Å². The Morgan fingerprint density at radius 1 is 0.935 bits per heavy atom. The highest BCUT2D eigenvalue weighted by Gasteiger charge is 2.35. The second-order valence-electron chi connectivity index (χ2n) is 11.5. The molecule has 1 aromatic carbocycles. The van der Waals surface area contributed by atoms with Crippen LogP contribution in [0.4, 0.5) is 16.0 Å². The van der Waals surface area contributed by atoms with Gasteiger partial charge in [-0.3, -0.25) is 4.57 Å². The lowest BCUT2D eigenvalue weighted by Gasteiger charge is -2.35. The molecule has 6 aromatic rings. The molecule has 0 radical (unpaired) electrons. The maximum Gasteiger partial charge on any atom is 0.234 e. The number of hydrogen-bond acceptors (Lipinski definition) is 10. The summed E-state index contributed by atoms with van der Waals surface area (Å²) < 4.78 is 19.4. The summed E-state index contributed by atoms with van der Waals surface area (Å²) in [5.74, 6) is 2.52. The van der Waals surface area contributed by atoms with E-state index < -0.39 is 12.2 Å². The molecule has 6 heterocycles. The fraction of sp³-hybridized carbons (Fsp3) is 0.242. The van der Waals surface area contributed by atoms with Gasteiger partial charge in [-0.2, -0.15) is 10.4 Å². The van der Waals surface area contributed by atoms with Crippen molar-refractivity contribution in [2.75, 3.05) is 23.7 Å². The van der Waals surface area contributed by atoms with Gasteiger partial charge in [-0.15, -0.1) is 0 Å². The third kappa shape index (κ3) is 4.89. The van der Waals surface area contributed by atoms with Crippen LogP contribution in [-0.4, -0.2) is 64.6 Å². The predicted molar refractivity (Wildman–Crippen MR) is 170 cm³/mol. The first kappa shape index (κ1) is 27.8. The minimum absolute atomic E-state index is 0.157. The number of nitrogen functional groups attached to an aromatic ring is 1. The second-order valence-corrected chi connectivity index (χ2v) is 11.5. The molecule has 0 amide bonds. The highest BCUT2D eigenvalue weighted by molar-refractivity contribution is 5.83. The van der Waals surface area contributed by atoms with Gasteiger partial charge in [0.1, 0.15) is 29.4 Å². The van der Waals surface area contributed by atoms with Gasteiger partial charge >= 0.3 is 0 Å². The molecule has 0 saturated carbocycles. The Morgan fingerprint density at radius 2 is 1.83 bits per heavy atom. The third-order valence-corrected chi connectivity index (χ3v) is 8.78. The average molecular weight is 613 g/mol. The number of fused-ring (bicyclic) bond motifs is 2. The number of hydrogen-bond donors (Lipinski definition) is 2. The van der Waals surface area contributed by atoms with Crippen molar-refractivity contribution in [1.29, 1.82) is 5.26 Å². The first-order chi connectivity index (χ1) is 22.6. The van der Waals surface area contributed by atoms with E-state index in [1.165, 1.54) is 0 Å². The topological polar surface area (TPSA) is 152 Å². The van der Waals surface area contributed by atoms with E-state index in [1.807, 2.05) is 71.4 Å². The molecule has 2 aliphatic rings. The first-order valence-electron chi connectivity index (χ1n) is 15.2. The summed E-state index contributed by atoms with van der Waals surface area (Å²) in [5.41, 5.74) is 11.0.